The second-order valence-corrected chi connectivity index (χ2v) is 10.3. The molecule has 0 saturated heterocycles. The number of rotatable bonds is 8. The van der Waals surface area contributed by atoms with E-state index in [1.165, 1.54) is 35.6 Å². The van der Waals surface area contributed by atoms with Gasteiger partial charge in [0.25, 0.3) is 5.91 Å². The van der Waals surface area contributed by atoms with E-state index in [-0.39, 0.29) is 36.4 Å². The zero-order chi connectivity index (χ0) is 24.1. The first-order valence-electron chi connectivity index (χ1n) is 10.4. The number of aromatic nitrogens is 1. The van der Waals surface area contributed by atoms with Crippen molar-refractivity contribution in [1.82, 2.24) is 9.29 Å². The number of nitriles is 2. The highest BCUT2D eigenvalue weighted by atomic mass is 32.2. The average molecular weight is 490 g/mol. The van der Waals surface area contributed by atoms with Gasteiger partial charge in [-0.2, -0.15) is 14.8 Å². The van der Waals surface area contributed by atoms with Gasteiger partial charge in [0, 0.05) is 36.9 Å². The summed E-state index contributed by atoms with van der Waals surface area (Å²) in [6, 6.07) is 21.3. The maximum Gasteiger partial charge on any atom is 0.257 e. The van der Waals surface area contributed by atoms with Crippen molar-refractivity contribution in [1.29, 1.82) is 10.5 Å². The van der Waals surface area contributed by atoms with E-state index in [2.05, 4.69) is 10.3 Å². The number of nitrogens with one attached hydrogen (secondary N) is 1. The van der Waals surface area contributed by atoms with Gasteiger partial charge in [-0.25, -0.2) is 13.4 Å². The summed E-state index contributed by atoms with van der Waals surface area (Å²) in [5.74, 6) is -0.405. The van der Waals surface area contributed by atoms with E-state index in [1.807, 2.05) is 48.5 Å². The quantitative estimate of drug-likeness (QED) is 0.388. The number of carbonyl (C=O) groups excluding carboxylic acids is 1. The van der Waals surface area contributed by atoms with Gasteiger partial charge in [-0.1, -0.05) is 41.7 Å². The van der Waals surface area contributed by atoms with Gasteiger partial charge in [0.1, 0.15) is 0 Å². The lowest BCUT2D eigenvalue weighted by atomic mass is 10.1. The van der Waals surface area contributed by atoms with E-state index < -0.39 is 15.9 Å². The smallest absolute Gasteiger partial charge is 0.257 e. The molecule has 0 unspecified atom stereocenters. The highest BCUT2D eigenvalue weighted by molar-refractivity contribution is 7.89. The lowest BCUT2D eigenvalue weighted by molar-refractivity contribution is 0.102. The highest BCUT2D eigenvalue weighted by Crippen LogP contribution is 2.32. The highest BCUT2D eigenvalue weighted by Gasteiger charge is 2.24. The summed E-state index contributed by atoms with van der Waals surface area (Å²) >= 11 is 1.36. The molecule has 1 amide bonds. The molecule has 0 spiro atoms. The Balaban J connectivity index is 1.53. The first-order valence-corrected chi connectivity index (χ1v) is 12.6. The van der Waals surface area contributed by atoms with Gasteiger partial charge in [-0.3, -0.25) is 10.1 Å². The molecule has 0 bridgehead atoms. The molecule has 0 fully saturated rings. The van der Waals surface area contributed by atoms with Crippen molar-refractivity contribution in [2.75, 3.05) is 18.4 Å². The summed E-state index contributed by atoms with van der Waals surface area (Å²) in [6.45, 7) is -0.00984. The number of hydrogen-bond acceptors (Lipinski definition) is 7. The van der Waals surface area contributed by atoms with Crippen LogP contribution in [0.2, 0.25) is 0 Å². The average Bonchev–Trinajstić information content (AvgIpc) is 3.27. The number of carbonyl (C=O) groups is 1. The molecule has 1 aromatic heterocycles. The van der Waals surface area contributed by atoms with Gasteiger partial charge in [0.15, 0.2) is 5.13 Å². The monoisotopic (exact) mass is 489 g/mol. The number of amides is 1. The molecule has 1 N–H and O–H groups in total. The van der Waals surface area contributed by atoms with Gasteiger partial charge >= 0.3 is 0 Å². The number of fused-ring (bicyclic) bond motifs is 3. The normalized spacial score (nSPS) is 11.4. The van der Waals surface area contributed by atoms with Crippen LogP contribution >= 0.6 is 11.3 Å². The largest absolute Gasteiger partial charge is 0.298 e. The molecule has 0 aliphatic heterocycles. The maximum absolute atomic E-state index is 12.9. The van der Waals surface area contributed by atoms with Crippen molar-refractivity contribution < 1.29 is 13.2 Å². The first-order chi connectivity index (χ1) is 16.4. The molecule has 4 aromatic rings. The lowest BCUT2D eigenvalue weighted by Crippen LogP contribution is -2.32. The SMILES string of the molecule is N#CCCN(CCC#N)S(=O)(=O)c1ccc(C(=O)Nc2nc3c(ccc4ccccc43)s2)cc1. The van der Waals surface area contributed by atoms with Gasteiger partial charge in [-0.05, 0) is 35.7 Å². The summed E-state index contributed by atoms with van der Waals surface area (Å²) < 4.78 is 27.9. The topological polar surface area (TPSA) is 127 Å². The standard InChI is InChI=1S/C24H19N5O3S2/c25-13-3-15-29(16-4-14-26)34(31,32)19-10-7-18(8-11-19)23(30)28-24-27-22-20-6-2-1-5-17(20)9-12-21(22)33-24/h1-2,5-12H,3-4,15-16H2,(H,27,28,30). The molecule has 1 heterocycles. The van der Waals surface area contributed by atoms with E-state index >= 15 is 0 Å². The fraction of sp³-hybridized carbons (Fsp3) is 0.167. The third-order valence-corrected chi connectivity index (χ3v) is 8.05. The minimum absolute atomic E-state index is 0.00492. The second-order valence-electron chi connectivity index (χ2n) is 7.35. The molecular formula is C24H19N5O3S2. The Bertz CT molecular complexity index is 1530. The zero-order valence-corrected chi connectivity index (χ0v) is 19.6. The molecule has 0 radical (unpaired) electrons. The third kappa shape index (κ3) is 4.75. The summed E-state index contributed by atoms with van der Waals surface area (Å²) in [4.78, 5) is 17.3. The van der Waals surface area contributed by atoms with Crippen LogP contribution in [-0.2, 0) is 10.0 Å². The van der Waals surface area contributed by atoms with Crippen LogP contribution in [0.15, 0.2) is 65.6 Å². The van der Waals surface area contributed by atoms with Crippen LogP contribution in [0.4, 0.5) is 5.13 Å². The van der Waals surface area contributed by atoms with Gasteiger partial charge in [0.05, 0.1) is 27.3 Å². The lowest BCUT2D eigenvalue weighted by Gasteiger charge is -2.20. The minimum atomic E-state index is -3.90. The Kier molecular flexibility index (Phi) is 6.85. The third-order valence-electron chi connectivity index (χ3n) is 5.20. The van der Waals surface area contributed by atoms with Gasteiger partial charge < -0.3 is 0 Å². The van der Waals surface area contributed by atoms with Crippen molar-refractivity contribution in [3.63, 3.8) is 0 Å². The molecular weight excluding hydrogens is 470 g/mol. The van der Waals surface area contributed by atoms with E-state index in [9.17, 15) is 13.2 Å². The molecule has 170 valence electrons. The molecule has 4 rings (SSSR count). The summed E-state index contributed by atoms with van der Waals surface area (Å²) in [6.07, 6.45) is 0.0329. The molecule has 3 aromatic carbocycles. The number of nitrogens with zero attached hydrogens (tertiary/aromatic N) is 4. The molecule has 0 aliphatic carbocycles. The van der Waals surface area contributed by atoms with E-state index in [0.29, 0.717) is 5.13 Å². The van der Waals surface area contributed by atoms with Crippen molar-refractivity contribution in [3.05, 3.63) is 66.2 Å². The van der Waals surface area contributed by atoms with Crippen LogP contribution in [0, 0.1) is 22.7 Å². The number of thiazole rings is 1. The summed E-state index contributed by atoms with van der Waals surface area (Å²) in [5.41, 5.74) is 1.10. The molecule has 0 saturated carbocycles. The van der Waals surface area contributed by atoms with Crippen molar-refractivity contribution >= 4 is 53.4 Å². The van der Waals surface area contributed by atoms with Crippen molar-refractivity contribution in [2.45, 2.75) is 17.7 Å². The Morgan fingerprint density at radius 2 is 1.65 bits per heavy atom. The van der Waals surface area contributed by atoms with Crippen LogP contribution in [0.1, 0.15) is 23.2 Å². The van der Waals surface area contributed by atoms with Gasteiger partial charge in [-0.15, -0.1) is 0 Å². The second kappa shape index (κ2) is 9.98. The first kappa shape index (κ1) is 23.3. The minimum Gasteiger partial charge on any atom is -0.298 e. The zero-order valence-electron chi connectivity index (χ0n) is 17.9. The Morgan fingerprint density at radius 3 is 2.32 bits per heavy atom. The van der Waals surface area contributed by atoms with Crippen molar-refractivity contribution in [2.24, 2.45) is 0 Å². The predicted molar refractivity (Wildman–Crippen MR) is 131 cm³/mol. The fourth-order valence-electron chi connectivity index (χ4n) is 3.51. The van der Waals surface area contributed by atoms with Crippen molar-refractivity contribution in [3.8, 4) is 12.1 Å². The fourth-order valence-corrected chi connectivity index (χ4v) is 5.83. The van der Waals surface area contributed by atoms with E-state index in [0.717, 1.165) is 25.3 Å². The molecule has 10 heteroatoms. The van der Waals surface area contributed by atoms with Crippen LogP contribution in [0.5, 0.6) is 0 Å². The van der Waals surface area contributed by atoms with E-state index in [4.69, 9.17) is 10.5 Å². The molecule has 0 aliphatic rings. The number of anilines is 1. The van der Waals surface area contributed by atoms with Crippen LogP contribution in [0.25, 0.3) is 21.0 Å². The Labute approximate surface area is 200 Å². The predicted octanol–water partition coefficient (Wildman–Crippen LogP) is 4.52. The number of hydrogen-bond donors (Lipinski definition) is 1. The summed E-state index contributed by atoms with van der Waals surface area (Å²) in [7, 11) is -3.90. The number of sulfonamides is 1. The molecule has 0 atom stereocenters. The number of benzene rings is 3. The van der Waals surface area contributed by atoms with Gasteiger partial charge in [0.2, 0.25) is 10.0 Å². The molecule has 34 heavy (non-hydrogen) atoms. The maximum atomic E-state index is 12.9. The molecule has 8 nitrogen and oxygen atoms in total. The van der Waals surface area contributed by atoms with E-state index in [1.54, 1.807) is 0 Å². The summed E-state index contributed by atoms with van der Waals surface area (Å²) in [5, 5.41) is 22.9. The Morgan fingerprint density at radius 1 is 0.971 bits per heavy atom. The van der Waals surface area contributed by atoms with Crippen LogP contribution < -0.4 is 5.32 Å². The van der Waals surface area contributed by atoms with Crippen LogP contribution in [0.3, 0.4) is 0 Å². The Hall–Kier alpha value is -3.83. The van der Waals surface area contributed by atoms with Crippen LogP contribution in [-0.4, -0.2) is 36.7 Å².